The molecule has 2 heterocycles. The van der Waals surface area contributed by atoms with Crippen LogP contribution in [0.1, 0.15) is 5.56 Å². The van der Waals surface area contributed by atoms with Crippen LogP contribution in [0.2, 0.25) is 5.02 Å². The van der Waals surface area contributed by atoms with E-state index in [2.05, 4.69) is 41.3 Å². The van der Waals surface area contributed by atoms with Crippen LogP contribution in [0.4, 0.5) is 0 Å². The van der Waals surface area contributed by atoms with E-state index in [0.29, 0.717) is 10.9 Å². The highest BCUT2D eigenvalue weighted by molar-refractivity contribution is 6.30. The summed E-state index contributed by atoms with van der Waals surface area (Å²) in [6, 6.07) is 9.87. The highest BCUT2D eigenvalue weighted by Gasteiger charge is 2.11. The van der Waals surface area contributed by atoms with E-state index < -0.39 is 0 Å². The molecule has 0 atom stereocenters. The van der Waals surface area contributed by atoms with Gasteiger partial charge >= 0.3 is 0 Å². The molecule has 0 saturated carbocycles. The lowest BCUT2D eigenvalue weighted by Gasteiger charge is -2.18. The molecule has 0 bridgehead atoms. The van der Waals surface area contributed by atoms with E-state index >= 15 is 0 Å². The number of nitrogens with zero attached hydrogens (tertiary/aromatic N) is 2. The minimum Gasteiger partial charge on any atom is -0.481 e. The molecule has 0 fully saturated rings. The molecule has 1 aliphatic heterocycles. The second-order valence-corrected chi connectivity index (χ2v) is 6.07. The van der Waals surface area contributed by atoms with Crippen molar-refractivity contribution in [3.63, 3.8) is 0 Å². The van der Waals surface area contributed by atoms with Crippen molar-refractivity contribution in [3.8, 4) is 17.0 Å². The van der Waals surface area contributed by atoms with Crippen LogP contribution in [0.5, 0.6) is 5.88 Å². The molecular weight excluding hydrogens is 308 g/mol. The van der Waals surface area contributed by atoms with Gasteiger partial charge in [-0.3, -0.25) is 0 Å². The van der Waals surface area contributed by atoms with Gasteiger partial charge in [0.25, 0.3) is 0 Å². The molecule has 0 saturated heterocycles. The van der Waals surface area contributed by atoms with Gasteiger partial charge in [0.2, 0.25) is 5.88 Å². The summed E-state index contributed by atoms with van der Waals surface area (Å²) in [4.78, 5) is 6.63. The fourth-order valence-corrected chi connectivity index (χ4v) is 2.90. The fraction of sp³-hybridized carbons (Fsp3) is 0.211. The van der Waals surface area contributed by atoms with E-state index in [4.69, 9.17) is 16.3 Å². The summed E-state index contributed by atoms with van der Waals surface area (Å²) in [6.07, 6.45) is 9.22. The Morgan fingerprint density at radius 1 is 1.30 bits per heavy atom. The Bertz CT molecular complexity index is 768. The zero-order chi connectivity index (χ0) is 16.2. The number of aromatic nitrogens is 1. The summed E-state index contributed by atoms with van der Waals surface area (Å²) in [5, 5.41) is 0.703. The van der Waals surface area contributed by atoms with Gasteiger partial charge in [-0.15, -0.1) is 0 Å². The van der Waals surface area contributed by atoms with Crippen molar-refractivity contribution in [2.24, 2.45) is 0 Å². The van der Waals surface area contributed by atoms with E-state index in [1.165, 1.54) is 5.57 Å². The van der Waals surface area contributed by atoms with E-state index in [0.717, 1.165) is 29.7 Å². The van der Waals surface area contributed by atoms with Crippen LogP contribution in [0.3, 0.4) is 0 Å². The van der Waals surface area contributed by atoms with Crippen molar-refractivity contribution in [2.45, 2.75) is 6.42 Å². The van der Waals surface area contributed by atoms with Gasteiger partial charge in [-0.2, -0.15) is 0 Å². The number of rotatable bonds is 4. The number of pyridine rings is 1. The number of hydrogen-bond acceptors (Lipinski definition) is 3. The number of halogens is 1. The molecule has 1 aliphatic rings. The highest BCUT2D eigenvalue weighted by atomic mass is 35.5. The van der Waals surface area contributed by atoms with Crippen LogP contribution in [0, 0.1) is 0 Å². The maximum absolute atomic E-state index is 6.12. The fourth-order valence-electron chi connectivity index (χ4n) is 2.71. The van der Waals surface area contributed by atoms with Gasteiger partial charge in [0.1, 0.15) is 0 Å². The Kier molecular flexibility index (Phi) is 4.68. The van der Waals surface area contributed by atoms with Gasteiger partial charge in [0.05, 0.1) is 7.11 Å². The molecule has 118 valence electrons. The van der Waals surface area contributed by atoms with Crippen LogP contribution < -0.4 is 4.74 Å². The number of ether oxygens (including phenoxy) is 1. The molecule has 1 aromatic heterocycles. The summed E-state index contributed by atoms with van der Waals surface area (Å²) in [5.41, 5.74) is 4.38. The van der Waals surface area contributed by atoms with Crippen LogP contribution >= 0.6 is 11.6 Å². The van der Waals surface area contributed by atoms with E-state index in [-0.39, 0.29) is 0 Å². The largest absolute Gasteiger partial charge is 0.481 e. The van der Waals surface area contributed by atoms with E-state index in [9.17, 15) is 0 Å². The predicted molar refractivity (Wildman–Crippen MR) is 94.8 cm³/mol. The Labute approximate surface area is 141 Å². The summed E-state index contributed by atoms with van der Waals surface area (Å²) in [7, 11) is 3.71. The topological polar surface area (TPSA) is 25.4 Å². The number of benzene rings is 1. The molecule has 0 radical (unpaired) electrons. The third-order valence-corrected chi connectivity index (χ3v) is 3.99. The molecule has 3 rings (SSSR count). The Balaban J connectivity index is 1.95. The standard InChI is InChI=1S/C19H19ClN2O/c1-22-8-4-5-14(13-22)9-15-10-18(19(23-2)21-12-15)16-6-3-7-17(20)11-16/h3-7,10-13H,8-9H2,1-2H3. The molecule has 23 heavy (non-hydrogen) atoms. The van der Waals surface area contributed by atoms with Crippen molar-refractivity contribution in [2.75, 3.05) is 20.7 Å². The third-order valence-electron chi connectivity index (χ3n) is 3.76. The first kappa shape index (κ1) is 15.6. The van der Waals surface area contributed by atoms with Gasteiger partial charge in [-0.05, 0) is 34.9 Å². The third kappa shape index (κ3) is 3.74. The Morgan fingerprint density at radius 3 is 2.91 bits per heavy atom. The molecule has 4 heteroatoms. The number of likely N-dealkylation sites (N-methyl/N-ethyl adjacent to an activating group) is 1. The zero-order valence-corrected chi connectivity index (χ0v) is 14.0. The number of allylic oxidation sites excluding steroid dienone is 2. The van der Waals surface area contributed by atoms with Crippen LogP contribution in [-0.2, 0) is 6.42 Å². The van der Waals surface area contributed by atoms with Crippen molar-refractivity contribution in [1.29, 1.82) is 0 Å². The first-order valence-corrected chi connectivity index (χ1v) is 7.90. The maximum Gasteiger partial charge on any atom is 0.221 e. The molecule has 1 aromatic carbocycles. The number of methoxy groups -OCH3 is 1. The highest BCUT2D eigenvalue weighted by Crippen LogP contribution is 2.31. The molecule has 2 aromatic rings. The second kappa shape index (κ2) is 6.88. The predicted octanol–water partition coefficient (Wildman–Crippen LogP) is 4.34. The molecular formula is C19H19ClN2O. The van der Waals surface area contributed by atoms with Crippen molar-refractivity contribution in [1.82, 2.24) is 9.88 Å². The Hall–Kier alpha value is -2.26. The molecule has 3 nitrogen and oxygen atoms in total. The van der Waals surface area contributed by atoms with Crippen LogP contribution in [-0.4, -0.2) is 30.6 Å². The van der Waals surface area contributed by atoms with Crippen LogP contribution in [0.15, 0.2) is 60.5 Å². The first-order chi connectivity index (χ1) is 11.2. The minimum atomic E-state index is 0.612. The van der Waals surface area contributed by atoms with E-state index in [1.54, 1.807) is 7.11 Å². The summed E-state index contributed by atoms with van der Waals surface area (Å²) < 4.78 is 5.41. The average molecular weight is 327 g/mol. The lowest BCUT2D eigenvalue weighted by molar-refractivity contribution is 0.399. The van der Waals surface area contributed by atoms with Gasteiger partial charge < -0.3 is 9.64 Å². The van der Waals surface area contributed by atoms with Crippen molar-refractivity contribution < 1.29 is 4.74 Å². The second-order valence-electron chi connectivity index (χ2n) is 5.63. The molecule has 0 spiro atoms. The molecule has 0 aliphatic carbocycles. The first-order valence-electron chi connectivity index (χ1n) is 7.52. The van der Waals surface area contributed by atoms with Crippen molar-refractivity contribution in [3.05, 3.63) is 71.0 Å². The lowest BCUT2D eigenvalue weighted by Crippen LogP contribution is -2.14. The average Bonchev–Trinajstić information content (AvgIpc) is 2.55. The van der Waals surface area contributed by atoms with Crippen molar-refractivity contribution >= 4 is 11.6 Å². The van der Waals surface area contributed by atoms with E-state index in [1.807, 2.05) is 30.5 Å². The minimum absolute atomic E-state index is 0.612. The van der Waals surface area contributed by atoms with Gasteiger partial charge in [-0.25, -0.2) is 4.98 Å². The molecule has 0 unspecified atom stereocenters. The molecule has 0 amide bonds. The SMILES string of the molecule is COc1ncc(CC2=CN(C)CC=C2)cc1-c1cccc(Cl)c1. The quantitative estimate of drug-likeness (QED) is 0.835. The molecule has 0 N–H and O–H groups in total. The lowest BCUT2D eigenvalue weighted by atomic mass is 10.0. The summed E-state index contributed by atoms with van der Waals surface area (Å²) >= 11 is 6.12. The normalized spacial score (nSPS) is 13.9. The summed E-state index contributed by atoms with van der Waals surface area (Å²) in [5.74, 6) is 0.612. The zero-order valence-electron chi connectivity index (χ0n) is 13.3. The van der Waals surface area contributed by atoms with Crippen LogP contribution in [0.25, 0.3) is 11.1 Å². The monoisotopic (exact) mass is 326 g/mol. The van der Waals surface area contributed by atoms with Gasteiger partial charge in [0.15, 0.2) is 0 Å². The summed E-state index contributed by atoms with van der Waals surface area (Å²) in [6.45, 7) is 0.956. The maximum atomic E-state index is 6.12. The Morgan fingerprint density at radius 2 is 2.17 bits per heavy atom. The van der Waals surface area contributed by atoms with Gasteiger partial charge in [0, 0.05) is 43.0 Å². The smallest absolute Gasteiger partial charge is 0.221 e. The van der Waals surface area contributed by atoms with Gasteiger partial charge in [-0.1, -0.05) is 35.9 Å². The number of hydrogen-bond donors (Lipinski definition) is 0.